The summed E-state index contributed by atoms with van der Waals surface area (Å²) in [4.78, 5) is 11.9. The molecule has 106 valence electrons. The van der Waals surface area contributed by atoms with Crippen LogP contribution in [0.2, 0.25) is 0 Å². The SMILES string of the molecule is COc1ccc(NC(=O)CSc2cccs2)cc1OC. The zero-order chi connectivity index (χ0) is 14.4. The Morgan fingerprint density at radius 2 is 2.05 bits per heavy atom. The molecule has 0 aliphatic rings. The topological polar surface area (TPSA) is 47.6 Å². The van der Waals surface area contributed by atoms with Gasteiger partial charge in [0.1, 0.15) is 0 Å². The van der Waals surface area contributed by atoms with Crippen LogP contribution in [0.4, 0.5) is 5.69 Å². The van der Waals surface area contributed by atoms with Crippen LogP contribution < -0.4 is 14.8 Å². The molecule has 2 aromatic rings. The van der Waals surface area contributed by atoms with Crippen LogP contribution in [0.1, 0.15) is 0 Å². The minimum atomic E-state index is -0.0457. The Bertz CT molecular complexity index is 570. The van der Waals surface area contributed by atoms with E-state index < -0.39 is 0 Å². The summed E-state index contributed by atoms with van der Waals surface area (Å²) in [5.74, 6) is 1.57. The summed E-state index contributed by atoms with van der Waals surface area (Å²) >= 11 is 3.15. The van der Waals surface area contributed by atoms with Gasteiger partial charge in [-0.05, 0) is 23.6 Å². The number of hydrogen-bond donors (Lipinski definition) is 1. The monoisotopic (exact) mass is 309 g/mol. The number of ether oxygens (including phenoxy) is 2. The highest BCUT2D eigenvalue weighted by atomic mass is 32.2. The third-order valence-electron chi connectivity index (χ3n) is 2.51. The third kappa shape index (κ3) is 3.91. The van der Waals surface area contributed by atoms with Crippen LogP contribution in [0.5, 0.6) is 11.5 Å². The minimum Gasteiger partial charge on any atom is -0.493 e. The van der Waals surface area contributed by atoms with Gasteiger partial charge in [-0.25, -0.2) is 0 Å². The maximum absolute atomic E-state index is 11.9. The van der Waals surface area contributed by atoms with E-state index in [0.717, 1.165) is 4.21 Å². The van der Waals surface area contributed by atoms with E-state index in [1.807, 2.05) is 17.5 Å². The smallest absolute Gasteiger partial charge is 0.234 e. The average molecular weight is 309 g/mol. The number of methoxy groups -OCH3 is 2. The lowest BCUT2D eigenvalue weighted by Gasteiger charge is -2.10. The van der Waals surface area contributed by atoms with E-state index in [1.165, 1.54) is 11.8 Å². The molecule has 20 heavy (non-hydrogen) atoms. The third-order valence-corrected chi connectivity index (χ3v) is 4.64. The lowest BCUT2D eigenvalue weighted by atomic mass is 10.2. The number of carbonyl (C=O) groups is 1. The molecule has 1 heterocycles. The first-order valence-corrected chi connectivity index (χ1v) is 7.77. The predicted octanol–water partition coefficient (Wildman–Crippen LogP) is 3.50. The molecule has 1 aromatic heterocycles. The molecule has 0 atom stereocenters. The van der Waals surface area contributed by atoms with Crippen molar-refractivity contribution in [1.29, 1.82) is 0 Å². The number of amides is 1. The predicted molar refractivity (Wildman–Crippen MR) is 83.2 cm³/mol. The molecule has 0 saturated carbocycles. The number of carbonyl (C=O) groups excluding carboxylic acids is 1. The normalized spacial score (nSPS) is 10.1. The van der Waals surface area contributed by atoms with Crippen molar-refractivity contribution in [3.63, 3.8) is 0 Å². The number of anilines is 1. The summed E-state index contributed by atoms with van der Waals surface area (Å²) in [7, 11) is 3.14. The second-order valence-electron chi connectivity index (χ2n) is 3.84. The van der Waals surface area contributed by atoms with E-state index in [0.29, 0.717) is 22.9 Å². The van der Waals surface area contributed by atoms with Crippen LogP contribution in [-0.4, -0.2) is 25.9 Å². The van der Waals surface area contributed by atoms with Gasteiger partial charge in [-0.15, -0.1) is 23.1 Å². The zero-order valence-corrected chi connectivity index (χ0v) is 12.8. The van der Waals surface area contributed by atoms with Gasteiger partial charge in [-0.1, -0.05) is 6.07 Å². The van der Waals surface area contributed by atoms with Crippen molar-refractivity contribution in [3.05, 3.63) is 35.7 Å². The summed E-state index contributed by atoms with van der Waals surface area (Å²) in [6, 6.07) is 9.26. The lowest BCUT2D eigenvalue weighted by molar-refractivity contribution is -0.113. The van der Waals surface area contributed by atoms with Gasteiger partial charge in [0.05, 0.1) is 24.2 Å². The van der Waals surface area contributed by atoms with Crippen molar-refractivity contribution in [2.24, 2.45) is 0 Å². The Balaban J connectivity index is 1.93. The van der Waals surface area contributed by atoms with Gasteiger partial charge in [-0.2, -0.15) is 0 Å². The van der Waals surface area contributed by atoms with Gasteiger partial charge in [0.2, 0.25) is 5.91 Å². The molecule has 0 fully saturated rings. The fraction of sp³-hybridized carbons (Fsp3) is 0.214. The molecule has 6 heteroatoms. The van der Waals surface area contributed by atoms with Crippen LogP contribution in [0.15, 0.2) is 39.9 Å². The molecule has 0 saturated heterocycles. The highest BCUT2D eigenvalue weighted by Gasteiger charge is 2.08. The Morgan fingerprint density at radius 1 is 1.25 bits per heavy atom. The number of benzene rings is 1. The van der Waals surface area contributed by atoms with Crippen LogP contribution >= 0.6 is 23.1 Å². The number of rotatable bonds is 6. The van der Waals surface area contributed by atoms with E-state index >= 15 is 0 Å². The van der Waals surface area contributed by atoms with Crippen molar-refractivity contribution in [2.45, 2.75) is 4.21 Å². The van der Waals surface area contributed by atoms with Gasteiger partial charge in [0.15, 0.2) is 11.5 Å². The average Bonchev–Trinajstić information content (AvgIpc) is 2.98. The van der Waals surface area contributed by atoms with E-state index in [-0.39, 0.29) is 5.91 Å². The highest BCUT2D eigenvalue weighted by molar-refractivity contribution is 8.01. The quantitative estimate of drug-likeness (QED) is 0.830. The molecule has 1 aromatic carbocycles. The van der Waals surface area contributed by atoms with E-state index in [1.54, 1.807) is 43.8 Å². The van der Waals surface area contributed by atoms with Crippen molar-refractivity contribution in [1.82, 2.24) is 0 Å². The zero-order valence-electron chi connectivity index (χ0n) is 11.2. The summed E-state index contributed by atoms with van der Waals surface area (Å²) in [5, 5.41) is 4.83. The van der Waals surface area contributed by atoms with Crippen molar-refractivity contribution >= 4 is 34.7 Å². The first kappa shape index (κ1) is 14.7. The Hall–Kier alpha value is -1.66. The summed E-state index contributed by atoms with van der Waals surface area (Å²) < 4.78 is 11.5. The van der Waals surface area contributed by atoms with Crippen molar-refractivity contribution < 1.29 is 14.3 Å². The molecule has 0 radical (unpaired) electrons. The Morgan fingerprint density at radius 3 is 2.70 bits per heavy atom. The molecular formula is C14H15NO3S2. The molecular weight excluding hydrogens is 294 g/mol. The number of thiophene rings is 1. The van der Waals surface area contributed by atoms with Gasteiger partial charge in [0.25, 0.3) is 0 Å². The van der Waals surface area contributed by atoms with E-state index in [2.05, 4.69) is 5.32 Å². The van der Waals surface area contributed by atoms with Gasteiger partial charge >= 0.3 is 0 Å². The van der Waals surface area contributed by atoms with Gasteiger partial charge < -0.3 is 14.8 Å². The van der Waals surface area contributed by atoms with Gasteiger partial charge in [-0.3, -0.25) is 4.79 Å². The first-order valence-electron chi connectivity index (χ1n) is 5.91. The first-order chi connectivity index (χ1) is 9.72. The van der Waals surface area contributed by atoms with Gasteiger partial charge in [0, 0.05) is 11.8 Å². The summed E-state index contributed by atoms with van der Waals surface area (Å²) in [6.45, 7) is 0. The number of thioether (sulfide) groups is 1. The fourth-order valence-electron chi connectivity index (χ4n) is 1.59. The maximum Gasteiger partial charge on any atom is 0.234 e. The van der Waals surface area contributed by atoms with Crippen molar-refractivity contribution in [3.8, 4) is 11.5 Å². The molecule has 2 rings (SSSR count). The second-order valence-corrected chi connectivity index (χ2v) is 6.06. The largest absolute Gasteiger partial charge is 0.493 e. The maximum atomic E-state index is 11.9. The summed E-state index contributed by atoms with van der Waals surface area (Å²) in [6.07, 6.45) is 0. The molecule has 4 nitrogen and oxygen atoms in total. The minimum absolute atomic E-state index is 0.0457. The van der Waals surface area contributed by atoms with Crippen LogP contribution in [0.25, 0.3) is 0 Å². The van der Waals surface area contributed by atoms with E-state index in [4.69, 9.17) is 9.47 Å². The number of hydrogen-bond acceptors (Lipinski definition) is 5. The standard InChI is InChI=1S/C14H15NO3S2/c1-17-11-6-5-10(8-12(11)18-2)15-13(16)9-20-14-4-3-7-19-14/h3-8H,9H2,1-2H3,(H,15,16). The summed E-state index contributed by atoms with van der Waals surface area (Å²) in [5.41, 5.74) is 0.694. The molecule has 0 spiro atoms. The second kappa shape index (κ2) is 7.21. The fourth-order valence-corrected chi connectivity index (χ4v) is 3.18. The van der Waals surface area contributed by atoms with Crippen LogP contribution in [0.3, 0.4) is 0 Å². The molecule has 0 aliphatic heterocycles. The molecule has 0 unspecified atom stereocenters. The lowest BCUT2D eigenvalue weighted by Crippen LogP contribution is -2.13. The molecule has 1 N–H and O–H groups in total. The molecule has 0 bridgehead atoms. The Kier molecular flexibility index (Phi) is 5.31. The van der Waals surface area contributed by atoms with E-state index in [9.17, 15) is 4.79 Å². The molecule has 1 amide bonds. The Labute approximate surface area is 126 Å². The van der Waals surface area contributed by atoms with Crippen LogP contribution in [0, 0.1) is 0 Å². The van der Waals surface area contributed by atoms with Crippen molar-refractivity contribution in [2.75, 3.05) is 25.3 Å². The molecule has 0 aliphatic carbocycles. The highest BCUT2D eigenvalue weighted by Crippen LogP contribution is 2.30. The number of nitrogens with one attached hydrogen (secondary N) is 1. The van der Waals surface area contributed by atoms with Crippen LogP contribution in [-0.2, 0) is 4.79 Å².